The van der Waals surface area contributed by atoms with E-state index >= 15 is 0 Å². The third-order valence-electron chi connectivity index (χ3n) is 2.68. The molecule has 4 unspecified atom stereocenters. The second kappa shape index (κ2) is 11.1. The minimum absolute atomic E-state index is 0.166. The van der Waals surface area contributed by atoms with Gasteiger partial charge in [-0.25, -0.2) is 0 Å². The van der Waals surface area contributed by atoms with Gasteiger partial charge in [-0.15, -0.1) is 13.2 Å². The summed E-state index contributed by atoms with van der Waals surface area (Å²) in [7, 11) is 3.02. The van der Waals surface area contributed by atoms with Crippen molar-refractivity contribution in [1.29, 1.82) is 0 Å². The Kier molecular flexibility index (Phi) is 10.7. The van der Waals surface area contributed by atoms with Crippen LogP contribution in [0.3, 0.4) is 0 Å². The molecule has 0 saturated heterocycles. The van der Waals surface area contributed by atoms with E-state index in [4.69, 9.17) is 14.2 Å². The Morgan fingerprint density at radius 2 is 1.26 bits per heavy atom. The Bertz CT molecular complexity index is 220. The maximum absolute atomic E-state index is 9.93. The summed E-state index contributed by atoms with van der Waals surface area (Å²) in [5, 5.41) is 19.9. The van der Waals surface area contributed by atoms with Crippen molar-refractivity contribution >= 4 is 0 Å². The molecular weight excluding hydrogens is 248 g/mol. The average molecular weight is 274 g/mol. The van der Waals surface area contributed by atoms with Crippen molar-refractivity contribution in [3.8, 4) is 0 Å². The molecule has 0 aliphatic heterocycles. The molecule has 0 spiro atoms. The van der Waals surface area contributed by atoms with E-state index in [2.05, 4.69) is 13.2 Å². The lowest BCUT2D eigenvalue weighted by Gasteiger charge is -2.29. The molecule has 0 saturated carbocycles. The first-order valence-electron chi connectivity index (χ1n) is 6.31. The summed E-state index contributed by atoms with van der Waals surface area (Å²) in [5.74, 6) is 0. The van der Waals surface area contributed by atoms with Crippen molar-refractivity contribution in [3.05, 3.63) is 25.3 Å². The van der Waals surface area contributed by atoms with Crippen LogP contribution in [0.2, 0.25) is 0 Å². The van der Waals surface area contributed by atoms with Crippen LogP contribution in [0.4, 0.5) is 0 Å². The van der Waals surface area contributed by atoms with E-state index in [1.54, 1.807) is 12.2 Å². The van der Waals surface area contributed by atoms with Crippen LogP contribution >= 0.6 is 0 Å². The molecule has 0 aromatic rings. The lowest BCUT2D eigenvalue weighted by atomic mass is 10.1. The first-order chi connectivity index (χ1) is 9.10. The number of aliphatic hydroxyl groups is 2. The highest BCUT2D eigenvalue weighted by Gasteiger charge is 2.26. The van der Waals surface area contributed by atoms with E-state index in [1.165, 1.54) is 14.2 Å². The van der Waals surface area contributed by atoms with Gasteiger partial charge in [-0.1, -0.05) is 12.2 Å². The molecule has 112 valence electrons. The lowest BCUT2D eigenvalue weighted by molar-refractivity contribution is -0.134. The summed E-state index contributed by atoms with van der Waals surface area (Å²) in [4.78, 5) is 0. The number of rotatable bonds is 12. The van der Waals surface area contributed by atoms with Crippen molar-refractivity contribution in [2.24, 2.45) is 0 Å². The molecule has 19 heavy (non-hydrogen) atoms. The number of ether oxygens (including phenoxy) is 3. The van der Waals surface area contributed by atoms with Crippen molar-refractivity contribution in [3.63, 3.8) is 0 Å². The van der Waals surface area contributed by atoms with E-state index in [-0.39, 0.29) is 13.2 Å². The largest absolute Gasteiger partial charge is 0.388 e. The summed E-state index contributed by atoms with van der Waals surface area (Å²) in [6.45, 7) is 7.61. The number of aliphatic hydroxyl groups excluding tert-OH is 2. The van der Waals surface area contributed by atoms with E-state index in [1.807, 2.05) is 0 Å². The Balaban J connectivity index is 4.62. The van der Waals surface area contributed by atoms with Crippen molar-refractivity contribution in [2.45, 2.75) is 37.3 Å². The van der Waals surface area contributed by atoms with Crippen LogP contribution in [0.15, 0.2) is 25.3 Å². The molecular formula is C14H26O5. The number of hydrogen-bond donors (Lipinski definition) is 2. The van der Waals surface area contributed by atoms with Gasteiger partial charge in [-0.05, 0) is 12.8 Å². The predicted molar refractivity (Wildman–Crippen MR) is 74.1 cm³/mol. The predicted octanol–water partition coefficient (Wildman–Crippen LogP) is 0.907. The summed E-state index contributed by atoms with van der Waals surface area (Å²) in [6.07, 6.45) is 1.77. The molecule has 2 N–H and O–H groups in total. The molecule has 0 aromatic heterocycles. The van der Waals surface area contributed by atoms with Gasteiger partial charge in [0.15, 0.2) is 0 Å². The maximum Gasteiger partial charge on any atom is 0.104 e. The van der Waals surface area contributed by atoms with Gasteiger partial charge in [0.1, 0.15) is 12.2 Å². The molecule has 0 aromatic carbocycles. The second-order valence-electron chi connectivity index (χ2n) is 4.31. The van der Waals surface area contributed by atoms with Crippen molar-refractivity contribution < 1.29 is 24.4 Å². The van der Waals surface area contributed by atoms with Gasteiger partial charge in [-0.2, -0.15) is 0 Å². The summed E-state index contributed by atoms with van der Waals surface area (Å²) < 4.78 is 15.6. The standard InChI is InChI=1S/C14H26O5/c1-5-7-13(11(15)9-17-3)19-14(8-6-2)12(16)10-18-4/h5-6,11-16H,1-2,7-10H2,3-4H3. The molecule has 0 bridgehead atoms. The zero-order valence-electron chi connectivity index (χ0n) is 11.8. The third kappa shape index (κ3) is 7.44. The van der Waals surface area contributed by atoms with Gasteiger partial charge in [0.25, 0.3) is 0 Å². The van der Waals surface area contributed by atoms with Crippen LogP contribution in [0.25, 0.3) is 0 Å². The Morgan fingerprint density at radius 3 is 1.53 bits per heavy atom. The van der Waals surface area contributed by atoms with Gasteiger partial charge in [0, 0.05) is 14.2 Å². The Morgan fingerprint density at radius 1 is 0.895 bits per heavy atom. The maximum atomic E-state index is 9.93. The zero-order valence-corrected chi connectivity index (χ0v) is 11.8. The van der Waals surface area contributed by atoms with Gasteiger partial charge in [0.2, 0.25) is 0 Å². The van der Waals surface area contributed by atoms with Crippen LogP contribution in [-0.4, -0.2) is 62.1 Å². The van der Waals surface area contributed by atoms with Crippen LogP contribution in [-0.2, 0) is 14.2 Å². The molecule has 0 aliphatic rings. The Hall–Kier alpha value is -0.720. The van der Waals surface area contributed by atoms with Gasteiger partial charge >= 0.3 is 0 Å². The molecule has 0 radical (unpaired) electrons. The molecule has 0 aliphatic carbocycles. The molecule has 0 heterocycles. The molecule has 5 nitrogen and oxygen atoms in total. The Labute approximate surface area is 115 Å². The fourth-order valence-electron chi connectivity index (χ4n) is 1.72. The fourth-order valence-corrected chi connectivity index (χ4v) is 1.72. The second-order valence-corrected chi connectivity index (χ2v) is 4.31. The normalized spacial score (nSPS) is 17.5. The quantitative estimate of drug-likeness (QED) is 0.518. The van der Waals surface area contributed by atoms with E-state index in [9.17, 15) is 10.2 Å². The molecule has 0 amide bonds. The minimum Gasteiger partial charge on any atom is -0.388 e. The smallest absolute Gasteiger partial charge is 0.104 e. The van der Waals surface area contributed by atoms with Crippen LogP contribution in [0.1, 0.15) is 12.8 Å². The SMILES string of the molecule is C=CCC(OC(CC=C)C(O)COC)C(O)COC. The van der Waals surface area contributed by atoms with Crippen LogP contribution in [0.5, 0.6) is 0 Å². The van der Waals surface area contributed by atoms with Crippen LogP contribution < -0.4 is 0 Å². The lowest BCUT2D eigenvalue weighted by Crippen LogP contribution is -2.41. The topological polar surface area (TPSA) is 68.2 Å². The summed E-state index contributed by atoms with van der Waals surface area (Å²) in [5.41, 5.74) is 0. The minimum atomic E-state index is -0.773. The average Bonchev–Trinajstić information content (AvgIpc) is 2.37. The fraction of sp³-hybridized carbons (Fsp3) is 0.714. The molecule has 4 atom stereocenters. The number of hydrogen-bond acceptors (Lipinski definition) is 5. The first-order valence-corrected chi connectivity index (χ1v) is 6.31. The van der Waals surface area contributed by atoms with E-state index in [0.717, 1.165) is 0 Å². The third-order valence-corrected chi connectivity index (χ3v) is 2.68. The van der Waals surface area contributed by atoms with Gasteiger partial charge < -0.3 is 24.4 Å². The van der Waals surface area contributed by atoms with Crippen molar-refractivity contribution in [1.82, 2.24) is 0 Å². The highest BCUT2D eigenvalue weighted by Crippen LogP contribution is 2.15. The highest BCUT2D eigenvalue weighted by molar-refractivity contribution is 4.84. The summed E-state index contributed by atoms with van der Waals surface area (Å²) in [6, 6.07) is 0. The first kappa shape index (κ1) is 18.3. The molecule has 5 heteroatoms. The number of methoxy groups -OCH3 is 2. The van der Waals surface area contributed by atoms with E-state index < -0.39 is 24.4 Å². The molecule has 0 rings (SSSR count). The molecule has 0 fully saturated rings. The zero-order chi connectivity index (χ0) is 14.7. The van der Waals surface area contributed by atoms with E-state index in [0.29, 0.717) is 12.8 Å². The van der Waals surface area contributed by atoms with Crippen LogP contribution in [0, 0.1) is 0 Å². The highest BCUT2D eigenvalue weighted by atomic mass is 16.5. The summed E-state index contributed by atoms with van der Waals surface area (Å²) >= 11 is 0. The van der Waals surface area contributed by atoms with Crippen molar-refractivity contribution in [2.75, 3.05) is 27.4 Å². The van der Waals surface area contributed by atoms with Gasteiger partial charge in [0.05, 0.1) is 25.4 Å². The monoisotopic (exact) mass is 274 g/mol. The van der Waals surface area contributed by atoms with Gasteiger partial charge in [-0.3, -0.25) is 0 Å².